The number of methoxy groups -OCH3 is 1. The van der Waals surface area contributed by atoms with Crippen LogP contribution in [0, 0.1) is 0 Å². The van der Waals surface area contributed by atoms with Crippen LogP contribution < -0.4 is 0 Å². The Balaban J connectivity index is 1.83. The number of hydrogen-bond donors (Lipinski definition) is 0. The van der Waals surface area contributed by atoms with Crippen molar-refractivity contribution in [1.82, 2.24) is 4.31 Å². The summed E-state index contributed by atoms with van der Waals surface area (Å²) in [5, 5.41) is 0.262. The highest BCUT2D eigenvalue weighted by atomic mass is 35.5. The lowest BCUT2D eigenvalue weighted by Gasteiger charge is -2.32. The van der Waals surface area contributed by atoms with Crippen LogP contribution in [0.15, 0.2) is 47.4 Å². The molecule has 28 heavy (non-hydrogen) atoms. The van der Waals surface area contributed by atoms with E-state index >= 15 is 0 Å². The second-order valence-corrected chi connectivity index (χ2v) is 9.44. The second kappa shape index (κ2) is 8.82. The SMILES string of the molecule is COC(=O)Cc1cccc(C2CCCN(S(=O)(=O)c3cccc(Cl)c3Cl)C2)c1. The molecule has 2 aromatic rings. The lowest BCUT2D eigenvalue weighted by molar-refractivity contribution is -0.139. The maximum Gasteiger partial charge on any atom is 0.309 e. The van der Waals surface area contributed by atoms with E-state index in [0.717, 1.165) is 24.0 Å². The molecule has 5 nitrogen and oxygen atoms in total. The molecule has 1 aliphatic heterocycles. The standard InChI is InChI=1S/C20H21Cl2NO4S/c1-27-19(24)12-14-5-2-6-15(11-14)16-7-4-10-23(13-16)28(25,26)18-9-3-8-17(21)20(18)22/h2-3,5-6,8-9,11,16H,4,7,10,12-13H2,1H3. The Morgan fingerprint density at radius 2 is 1.96 bits per heavy atom. The fourth-order valence-electron chi connectivity index (χ4n) is 3.45. The maximum absolute atomic E-state index is 13.1. The Labute approximate surface area is 175 Å². The lowest BCUT2D eigenvalue weighted by Crippen LogP contribution is -2.39. The topological polar surface area (TPSA) is 63.7 Å². The second-order valence-electron chi connectivity index (χ2n) is 6.75. The highest BCUT2D eigenvalue weighted by molar-refractivity contribution is 7.89. The van der Waals surface area contributed by atoms with E-state index in [9.17, 15) is 13.2 Å². The molecule has 0 bridgehead atoms. The molecule has 0 saturated carbocycles. The Morgan fingerprint density at radius 1 is 1.21 bits per heavy atom. The van der Waals surface area contributed by atoms with E-state index in [2.05, 4.69) is 0 Å². The summed E-state index contributed by atoms with van der Waals surface area (Å²) in [5.41, 5.74) is 1.86. The van der Waals surface area contributed by atoms with Gasteiger partial charge in [0.15, 0.2) is 0 Å². The molecule has 0 N–H and O–H groups in total. The molecule has 1 unspecified atom stereocenters. The molecule has 1 fully saturated rings. The summed E-state index contributed by atoms with van der Waals surface area (Å²) in [4.78, 5) is 11.6. The number of ether oxygens (including phenoxy) is 1. The van der Waals surface area contributed by atoms with Gasteiger partial charge in [0.25, 0.3) is 0 Å². The predicted octanol–water partition coefficient (Wildman–Crippen LogP) is 4.28. The van der Waals surface area contributed by atoms with Crippen molar-refractivity contribution in [2.75, 3.05) is 20.2 Å². The highest BCUT2D eigenvalue weighted by Crippen LogP contribution is 2.35. The van der Waals surface area contributed by atoms with Crippen LogP contribution in [0.2, 0.25) is 10.0 Å². The summed E-state index contributed by atoms with van der Waals surface area (Å²) in [7, 11) is -2.39. The average Bonchev–Trinajstić information content (AvgIpc) is 2.70. The van der Waals surface area contributed by atoms with Crippen molar-refractivity contribution in [3.05, 3.63) is 63.6 Å². The monoisotopic (exact) mass is 441 g/mol. The molecule has 1 atom stereocenters. The Hall–Kier alpha value is -1.60. The number of piperidine rings is 1. The number of benzene rings is 2. The largest absolute Gasteiger partial charge is 0.469 e. The number of esters is 1. The summed E-state index contributed by atoms with van der Waals surface area (Å²) < 4.78 is 32.4. The molecule has 1 saturated heterocycles. The first kappa shape index (κ1) is 21.1. The lowest BCUT2D eigenvalue weighted by atomic mass is 9.90. The van der Waals surface area contributed by atoms with Crippen LogP contribution >= 0.6 is 23.2 Å². The number of halogens is 2. The molecule has 0 spiro atoms. The van der Waals surface area contributed by atoms with Crippen molar-refractivity contribution in [3.63, 3.8) is 0 Å². The number of rotatable bonds is 5. The molecule has 150 valence electrons. The van der Waals surface area contributed by atoms with Gasteiger partial charge in [0.05, 0.1) is 23.6 Å². The van der Waals surface area contributed by atoms with Crippen LogP contribution in [0.1, 0.15) is 29.9 Å². The molecular formula is C20H21Cl2NO4S. The predicted molar refractivity (Wildman–Crippen MR) is 109 cm³/mol. The molecule has 1 heterocycles. The smallest absolute Gasteiger partial charge is 0.309 e. The first-order valence-corrected chi connectivity index (χ1v) is 11.1. The van der Waals surface area contributed by atoms with Gasteiger partial charge in [-0.1, -0.05) is 53.5 Å². The van der Waals surface area contributed by atoms with Crippen molar-refractivity contribution in [2.45, 2.75) is 30.1 Å². The molecule has 0 aliphatic carbocycles. The van der Waals surface area contributed by atoms with E-state index in [1.54, 1.807) is 12.1 Å². The third kappa shape index (κ3) is 4.51. The van der Waals surface area contributed by atoms with E-state index in [1.165, 1.54) is 17.5 Å². The molecular weight excluding hydrogens is 421 g/mol. The molecule has 0 amide bonds. The molecule has 0 aromatic heterocycles. The van der Waals surface area contributed by atoms with Crippen molar-refractivity contribution in [1.29, 1.82) is 0 Å². The quantitative estimate of drug-likeness (QED) is 0.649. The number of carbonyl (C=O) groups is 1. The summed E-state index contributed by atoms with van der Waals surface area (Å²) in [6.45, 7) is 0.788. The minimum absolute atomic E-state index is 0.0294. The van der Waals surface area contributed by atoms with Gasteiger partial charge < -0.3 is 4.74 Å². The summed E-state index contributed by atoms with van der Waals surface area (Å²) >= 11 is 12.2. The Bertz CT molecular complexity index is 978. The van der Waals surface area contributed by atoms with Crippen LogP contribution in [-0.4, -0.2) is 38.9 Å². The van der Waals surface area contributed by atoms with Gasteiger partial charge in [0, 0.05) is 13.1 Å². The van der Waals surface area contributed by atoms with Gasteiger partial charge in [-0.3, -0.25) is 4.79 Å². The third-order valence-corrected chi connectivity index (χ3v) is 7.76. The minimum atomic E-state index is -3.75. The van der Waals surface area contributed by atoms with Gasteiger partial charge in [-0.25, -0.2) is 8.42 Å². The number of carbonyl (C=O) groups excluding carboxylic acids is 1. The van der Waals surface area contributed by atoms with Crippen LogP contribution in [0.4, 0.5) is 0 Å². The van der Waals surface area contributed by atoms with Crippen LogP contribution in [-0.2, 0) is 26.0 Å². The number of nitrogens with zero attached hydrogens (tertiary/aromatic N) is 1. The van der Waals surface area contributed by atoms with Gasteiger partial charge in [-0.15, -0.1) is 0 Å². The van der Waals surface area contributed by atoms with Gasteiger partial charge in [0.1, 0.15) is 4.90 Å². The summed E-state index contributed by atoms with van der Waals surface area (Å²) in [6, 6.07) is 12.3. The maximum atomic E-state index is 13.1. The zero-order valence-electron chi connectivity index (χ0n) is 15.4. The Morgan fingerprint density at radius 3 is 2.71 bits per heavy atom. The number of sulfonamides is 1. The van der Waals surface area contributed by atoms with Crippen LogP contribution in [0.25, 0.3) is 0 Å². The zero-order chi connectivity index (χ0) is 20.3. The van der Waals surface area contributed by atoms with Gasteiger partial charge in [-0.2, -0.15) is 4.31 Å². The molecule has 0 radical (unpaired) electrons. The van der Waals surface area contributed by atoms with Crippen molar-refractivity contribution in [2.24, 2.45) is 0 Å². The first-order chi connectivity index (χ1) is 13.3. The van der Waals surface area contributed by atoms with Gasteiger partial charge in [-0.05, 0) is 42.0 Å². The molecule has 3 rings (SSSR count). The Kier molecular flexibility index (Phi) is 6.65. The van der Waals surface area contributed by atoms with E-state index in [0.29, 0.717) is 13.1 Å². The van der Waals surface area contributed by atoms with Crippen molar-refractivity contribution in [3.8, 4) is 0 Å². The van der Waals surface area contributed by atoms with E-state index < -0.39 is 10.0 Å². The summed E-state index contributed by atoms with van der Waals surface area (Å²) in [6.07, 6.45) is 1.80. The number of hydrogen-bond acceptors (Lipinski definition) is 4. The fourth-order valence-corrected chi connectivity index (χ4v) is 5.71. The van der Waals surface area contributed by atoms with Gasteiger partial charge >= 0.3 is 5.97 Å². The van der Waals surface area contributed by atoms with E-state index in [1.807, 2.05) is 24.3 Å². The van der Waals surface area contributed by atoms with Crippen molar-refractivity contribution >= 4 is 39.2 Å². The van der Waals surface area contributed by atoms with Crippen LogP contribution in [0.3, 0.4) is 0 Å². The average molecular weight is 442 g/mol. The van der Waals surface area contributed by atoms with Gasteiger partial charge in [0.2, 0.25) is 10.0 Å². The van der Waals surface area contributed by atoms with E-state index in [4.69, 9.17) is 27.9 Å². The molecule has 8 heteroatoms. The first-order valence-electron chi connectivity index (χ1n) is 8.92. The highest BCUT2D eigenvalue weighted by Gasteiger charge is 2.32. The minimum Gasteiger partial charge on any atom is -0.469 e. The fraction of sp³-hybridized carbons (Fsp3) is 0.350. The molecule has 1 aliphatic rings. The van der Waals surface area contributed by atoms with Crippen molar-refractivity contribution < 1.29 is 17.9 Å². The molecule has 2 aromatic carbocycles. The zero-order valence-corrected chi connectivity index (χ0v) is 17.7. The van der Waals surface area contributed by atoms with Crippen LogP contribution in [0.5, 0.6) is 0 Å². The third-order valence-electron chi connectivity index (χ3n) is 4.92. The van der Waals surface area contributed by atoms with E-state index in [-0.39, 0.29) is 33.2 Å². The summed E-state index contributed by atoms with van der Waals surface area (Å²) in [5.74, 6) is -0.264. The normalized spacial score (nSPS) is 18.0.